The van der Waals surface area contributed by atoms with Gasteiger partial charge in [-0.2, -0.15) is 0 Å². The zero-order valence-corrected chi connectivity index (χ0v) is 13.9. The molecular weight excluding hydrogens is 230 g/mol. The highest BCUT2D eigenvalue weighted by Gasteiger charge is 2.30. The van der Waals surface area contributed by atoms with Crippen LogP contribution in [-0.4, -0.2) is 12.6 Å². The Morgan fingerprint density at radius 1 is 0.947 bits per heavy atom. The van der Waals surface area contributed by atoms with Crippen LogP contribution in [0.5, 0.6) is 0 Å². The summed E-state index contributed by atoms with van der Waals surface area (Å²) in [4.78, 5) is 0. The first-order chi connectivity index (χ1) is 9.26. The summed E-state index contributed by atoms with van der Waals surface area (Å²) in [7, 11) is 0. The van der Waals surface area contributed by atoms with Crippen molar-refractivity contribution < 1.29 is 0 Å². The number of hydrogen-bond donors (Lipinski definition) is 1. The predicted octanol–water partition coefficient (Wildman–Crippen LogP) is 5.40. The summed E-state index contributed by atoms with van der Waals surface area (Å²) < 4.78 is 0. The standard InChI is InChI=1S/C18H37N/c1-5-9-10-15-11-13-17(14-12-15)18(19-8-4)16(6-2)7-3/h15-19H,5-14H2,1-4H3. The normalized spacial score (nSPS) is 25.7. The Kier molecular flexibility index (Phi) is 8.77. The molecule has 1 heteroatoms. The van der Waals surface area contributed by atoms with Crippen molar-refractivity contribution in [1.29, 1.82) is 0 Å². The second kappa shape index (κ2) is 9.80. The summed E-state index contributed by atoms with van der Waals surface area (Å²) in [6.45, 7) is 10.5. The highest BCUT2D eigenvalue weighted by Crippen LogP contribution is 2.36. The van der Waals surface area contributed by atoms with Gasteiger partial charge < -0.3 is 5.32 Å². The largest absolute Gasteiger partial charge is 0.314 e. The van der Waals surface area contributed by atoms with E-state index in [0.717, 1.165) is 30.3 Å². The molecule has 19 heavy (non-hydrogen) atoms. The van der Waals surface area contributed by atoms with E-state index < -0.39 is 0 Å². The number of unbranched alkanes of at least 4 members (excludes halogenated alkanes) is 1. The van der Waals surface area contributed by atoms with Crippen molar-refractivity contribution in [2.75, 3.05) is 6.54 Å². The summed E-state index contributed by atoms with van der Waals surface area (Å²) in [5.41, 5.74) is 0. The molecule has 1 aliphatic rings. The first-order valence-electron chi connectivity index (χ1n) is 9.00. The van der Waals surface area contributed by atoms with E-state index in [0.29, 0.717) is 0 Å². The van der Waals surface area contributed by atoms with Crippen LogP contribution in [0, 0.1) is 17.8 Å². The summed E-state index contributed by atoms with van der Waals surface area (Å²) >= 11 is 0. The molecule has 1 saturated carbocycles. The van der Waals surface area contributed by atoms with Crippen molar-refractivity contribution in [3.63, 3.8) is 0 Å². The van der Waals surface area contributed by atoms with E-state index in [-0.39, 0.29) is 0 Å². The van der Waals surface area contributed by atoms with Crippen molar-refractivity contribution >= 4 is 0 Å². The zero-order chi connectivity index (χ0) is 14.1. The first-order valence-corrected chi connectivity index (χ1v) is 9.00. The van der Waals surface area contributed by atoms with Gasteiger partial charge in [-0.15, -0.1) is 0 Å². The Balaban J connectivity index is 2.44. The van der Waals surface area contributed by atoms with Crippen LogP contribution in [0.2, 0.25) is 0 Å². The van der Waals surface area contributed by atoms with E-state index in [1.807, 2.05) is 0 Å². The van der Waals surface area contributed by atoms with Crippen molar-refractivity contribution in [3.05, 3.63) is 0 Å². The summed E-state index contributed by atoms with van der Waals surface area (Å²) in [5.74, 6) is 2.88. The fraction of sp³-hybridized carbons (Fsp3) is 1.00. The Hall–Kier alpha value is -0.0400. The lowest BCUT2D eigenvalue weighted by molar-refractivity contribution is 0.168. The number of nitrogens with one attached hydrogen (secondary N) is 1. The Morgan fingerprint density at radius 3 is 2.05 bits per heavy atom. The average molecular weight is 268 g/mol. The summed E-state index contributed by atoms with van der Waals surface area (Å²) in [6.07, 6.45) is 12.9. The van der Waals surface area contributed by atoms with Gasteiger partial charge in [0.05, 0.1) is 0 Å². The molecule has 1 aliphatic carbocycles. The monoisotopic (exact) mass is 267 g/mol. The minimum absolute atomic E-state index is 0.784. The minimum atomic E-state index is 0.784. The average Bonchev–Trinajstić information content (AvgIpc) is 2.46. The minimum Gasteiger partial charge on any atom is -0.314 e. The predicted molar refractivity (Wildman–Crippen MR) is 86.5 cm³/mol. The molecule has 1 rings (SSSR count). The molecule has 1 atom stereocenters. The fourth-order valence-corrected chi connectivity index (χ4v) is 4.08. The zero-order valence-electron chi connectivity index (χ0n) is 13.9. The van der Waals surface area contributed by atoms with E-state index in [1.165, 1.54) is 57.8 Å². The Labute approximate surface area is 121 Å². The molecular formula is C18H37N. The quantitative estimate of drug-likeness (QED) is 0.590. The summed E-state index contributed by atoms with van der Waals surface area (Å²) in [5, 5.41) is 3.81. The molecule has 1 unspecified atom stereocenters. The molecule has 0 aromatic carbocycles. The molecule has 0 saturated heterocycles. The maximum Gasteiger partial charge on any atom is 0.0123 e. The van der Waals surface area contributed by atoms with E-state index in [4.69, 9.17) is 0 Å². The van der Waals surface area contributed by atoms with Crippen LogP contribution in [-0.2, 0) is 0 Å². The fourth-order valence-electron chi connectivity index (χ4n) is 4.08. The maximum atomic E-state index is 3.81. The van der Waals surface area contributed by atoms with Gasteiger partial charge in [-0.05, 0) is 37.1 Å². The molecule has 0 aliphatic heterocycles. The molecule has 0 spiro atoms. The topological polar surface area (TPSA) is 12.0 Å². The van der Waals surface area contributed by atoms with Gasteiger partial charge in [-0.1, -0.05) is 72.6 Å². The molecule has 1 N–H and O–H groups in total. The second-order valence-electron chi connectivity index (χ2n) is 6.58. The van der Waals surface area contributed by atoms with Crippen LogP contribution < -0.4 is 5.32 Å². The van der Waals surface area contributed by atoms with Crippen LogP contribution in [0.15, 0.2) is 0 Å². The number of rotatable bonds is 9. The molecule has 1 fully saturated rings. The van der Waals surface area contributed by atoms with Crippen LogP contribution in [0.25, 0.3) is 0 Å². The van der Waals surface area contributed by atoms with E-state index in [2.05, 4.69) is 33.0 Å². The van der Waals surface area contributed by atoms with Crippen molar-refractivity contribution in [3.8, 4) is 0 Å². The van der Waals surface area contributed by atoms with Gasteiger partial charge >= 0.3 is 0 Å². The smallest absolute Gasteiger partial charge is 0.0123 e. The van der Waals surface area contributed by atoms with Gasteiger partial charge in [0.2, 0.25) is 0 Å². The lowest BCUT2D eigenvalue weighted by atomic mass is 9.73. The van der Waals surface area contributed by atoms with Crippen LogP contribution in [0.1, 0.15) is 85.5 Å². The van der Waals surface area contributed by atoms with Crippen molar-refractivity contribution in [2.24, 2.45) is 17.8 Å². The Bertz CT molecular complexity index is 202. The van der Waals surface area contributed by atoms with Crippen molar-refractivity contribution in [2.45, 2.75) is 91.5 Å². The van der Waals surface area contributed by atoms with Gasteiger partial charge in [0.15, 0.2) is 0 Å². The number of hydrogen-bond acceptors (Lipinski definition) is 1. The van der Waals surface area contributed by atoms with Gasteiger partial charge in [-0.3, -0.25) is 0 Å². The second-order valence-corrected chi connectivity index (χ2v) is 6.58. The molecule has 0 heterocycles. The first kappa shape index (κ1) is 17.0. The van der Waals surface area contributed by atoms with Crippen LogP contribution in [0.3, 0.4) is 0 Å². The third-order valence-electron chi connectivity index (χ3n) is 5.36. The van der Waals surface area contributed by atoms with Crippen LogP contribution in [0.4, 0.5) is 0 Å². The highest BCUT2D eigenvalue weighted by atomic mass is 14.9. The van der Waals surface area contributed by atoms with Gasteiger partial charge in [0.25, 0.3) is 0 Å². The highest BCUT2D eigenvalue weighted by molar-refractivity contribution is 4.85. The lowest BCUT2D eigenvalue weighted by Gasteiger charge is -2.38. The van der Waals surface area contributed by atoms with E-state index >= 15 is 0 Å². The molecule has 0 radical (unpaired) electrons. The van der Waals surface area contributed by atoms with Gasteiger partial charge in [0.1, 0.15) is 0 Å². The van der Waals surface area contributed by atoms with Crippen molar-refractivity contribution in [1.82, 2.24) is 5.32 Å². The molecule has 0 amide bonds. The van der Waals surface area contributed by atoms with Gasteiger partial charge in [0, 0.05) is 6.04 Å². The maximum absolute atomic E-state index is 3.81. The molecule has 0 bridgehead atoms. The molecule has 0 aromatic heterocycles. The summed E-state index contributed by atoms with van der Waals surface area (Å²) in [6, 6.07) is 0.784. The van der Waals surface area contributed by atoms with Gasteiger partial charge in [-0.25, -0.2) is 0 Å². The Morgan fingerprint density at radius 2 is 1.58 bits per heavy atom. The molecule has 1 nitrogen and oxygen atoms in total. The van der Waals surface area contributed by atoms with E-state index in [9.17, 15) is 0 Å². The van der Waals surface area contributed by atoms with Crippen LogP contribution >= 0.6 is 0 Å². The SMILES string of the molecule is CCCCC1CCC(C(NCC)C(CC)CC)CC1. The van der Waals surface area contributed by atoms with E-state index in [1.54, 1.807) is 0 Å². The molecule has 0 aromatic rings. The third-order valence-corrected chi connectivity index (χ3v) is 5.36. The lowest BCUT2D eigenvalue weighted by Crippen LogP contribution is -2.43. The molecule has 114 valence electrons. The third kappa shape index (κ3) is 5.45.